The fraction of sp³-hybridized carbons (Fsp3) is 0. The van der Waals surface area contributed by atoms with Gasteiger partial charge in [-0.2, -0.15) is 0 Å². The molecule has 0 saturated heterocycles. The molecule has 310 valence electrons. The number of nitrogens with zero attached hydrogens (tertiary/aromatic N) is 2. The molecule has 0 spiro atoms. The molecule has 0 atom stereocenters. The van der Waals surface area contributed by atoms with Gasteiger partial charge in [-0.25, -0.2) is 0 Å². The molecule has 11 aromatic carbocycles. The summed E-state index contributed by atoms with van der Waals surface area (Å²) in [5, 5.41) is 12.5. The molecule has 0 N–H and O–H groups in total. The van der Waals surface area contributed by atoms with Crippen LogP contribution in [0.1, 0.15) is 0 Å². The predicted octanol–water partition coefficient (Wildman–Crippen LogP) is 13.7. The van der Waals surface area contributed by atoms with Crippen LogP contribution in [0.5, 0.6) is 11.5 Å². The summed E-state index contributed by atoms with van der Waals surface area (Å²) in [5.41, 5.74) is 9.18. The van der Waals surface area contributed by atoms with Gasteiger partial charge in [-0.3, -0.25) is 0 Å². The molecule has 4 heteroatoms. The Kier molecular flexibility index (Phi) is 8.86. The highest BCUT2D eigenvalue weighted by molar-refractivity contribution is 7.20. The number of rotatable bonds is 7. The van der Waals surface area contributed by atoms with Gasteiger partial charge in [-0.05, 0) is 115 Å². The van der Waals surface area contributed by atoms with Crippen LogP contribution < -0.4 is 30.4 Å². The van der Waals surface area contributed by atoms with E-state index in [1.54, 1.807) is 0 Å². The average molecular weight is 859 g/mol. The van der Waals surface area contributed by atoms with Crippen molar-refractivity contribution < 1.29 is 4.74 Å². The fourth-order valence-corrected chi connectivity index (χ4v) is 15.8. The maximum Gasteiger partial charge on any atom is 0.188 e. The average Bonchev–Trinajstić information content (AvgIpc) is 3.72. The smallest absolute Gasteiger partial charge is 0.188 e. The topological polar surface area (TPSA) is 17.4 Å². The first kappa shape index (κ1) is 38.1. The lowest BCUT2D eigenvalue weighted by Gasteiger charge is -2.39. The van der Waals surface area contributed by atoms with Gasteiger partial charge in [0.25, 0.3) is 0 Å². The molecule has 3 nitrogen and oxygen atoms in total. The highest BCUT2D eigenvalue weighted by Gasteiger charge is 2.48. The van der Waals surface area contributed by atoms with Crippen LogP contribution in [-0.2, 0) is 0 Å². The second kappa shape index (κ2) is 15.4. The van der Waals surface area contributed by atoms with Gasteiger partial charge in [-0.15, -0.1) is 0 Å². The van der Waals surface area contributed by atoms with Crippen LogP contribution in [-0.4, -0.2) is 12.6 Å². The number of anilines is 3. The maximum absolute atomic E-state index is 6.73. The van der Waals surface area contributed by atoms with Crippen molar-refractivity contribution in [2.45, 2.75) is 0 Å². The number of ether oxygens (including phenoxy) is 1. The van der Waals surface area contributed by atoms with Crippen LogP contribution in [0.15, 0.2) is 255 Å². The van der Waals surface area contributed by atoms with Crippen molar-refractivity contribution >= 4 is 89.2 Å². The van der Waals surface area contributed by atoms with E-state index in [1.807, 2.05) is 0 Å². The minimum absolute atomic E-state index is 0.929. The third-order valence-corrected chi connectivity index (χ3v) is 18.5. The third-order valence-electron chi connectivity index (χ3n) is 13.7. The number of hydrogen-bond acceptors (Lipinski definition) is 2. The summed E-state index contributed by atoms with van der Waals surface area (Å²) >= 11 is 0. The van der Waals surface area contributed by atoms with Crippen LogP contribution in [0.3, 0.4) is 0 Å². The summed E-state index contributed by atoms with van der Waals surface area (Å²) in [5.74, 6) is 1.86. The molecule has 0 radical (unpaired) electrons. The maximum atomic E-state index is 6.73. The first-order chi connectivity index (χ1) is 32.7. The summed E-state index contributed by atoms with van der Waals surface area (Å²) in [4.78, 5) is 2.44. The summed E-state index contributed by atoms with van der Waals surface area (Å²) in [6.07, 6.45) is 0. The number of benzene rings is 11. The van der Waals surface area contributed by atoms with Crippen LogP contribution in [0.4, 0.5) is 17.1 Å². The molecule has 1 aromatic heterocycles. The molecule has 0 bridgehead atoms. The van der Waals surface area contributed by atoms with E-state index in [4.69, 9.17) is 4.74 Å². The molecular weight excluding hydrogens is 817 g/mol. The molecule has 66 heavy (non-hydrogen) atoms. The van der Waals surface area contributed by atoms with E-state index in [0.717, 1.165) is 39.8 Å². The first-order valence-corrected chi connectivity index (χ1v) is 24.7. The van der Waals surface area contributed by atoms with Gasteiger partial charge in [0.1, 0.15) is 11.5 Å². The summed E-state index contributed by atoms with van der Waals surface area (Å²) in [6, 6.07) is 93.4. The molecule has 13 rings (SSSR count). The Hall–Kier alpha value is -8.44. The van der Waals surface area contributed by atoms with Crippen molar-refractivity contribution in [2.75, 3.05) is 4.90 Å². The zero-order chi connectivity index (χ0) is 43.6. The Bertz CT molecular complexity index is 3750. The Morgan fingerprint density at radius 3 is 1.64 bits per heavy atom. The third kappa shape index (κ3) is 5.89. The Balaban J connectivity index is 1.07. The van der Waals surface area contributed by atoms with Crippen molar-refractivity contribution in [3.05, 3.63) is 255 Å². The van der Waals surface area contributed by atoms with E-state index in [1.165, 1.54) is 69.7 Å². The van der Waals surface area contributed by atoms with E-state index in [-0.39, 0.29) is 0 Å². The first-order valence-electron chi connectivity index (χ1n) is 22.7. The lowest BCUT2D eigenvalue weighted by Crippen LogP contribution is -2.76. The summed E-state index contributed by atoms with van der Waals surface area (Å²) in [6.45, 7) is 0. The lowest BCUT2D eigenvalue weighted by molar-refractivity contribution is 0.487. The minimum Gasteiger partial charge on any atom is -0.458 e. The van der Waals surface area contributed by atoms with E-state index in [0.29, 0.717) is 0 Å². The quantitative estimate of drug-likeness (QED) is 0.149. The predicted molar refractivity (Wildman–Crippen MR) is 280 cm³/mol. The van der Waals surface area contributed by atoms with Crippen molar-refractivity contribution in [1.29, 1.82) is 0 Å². The summed E-state index contributed by atoms with van der Waals surface area (Å²) in [7, 11) is -2.92. The second-order valence-electron chi connectivity index (χ2n) is 17.2. The zero-order valence-electron chi connectivity index (χ0n) is 36.1. The van der Waals surface area contributed by atoms with Gasteiger partial charge >= 0.3 is 0 Å². The number of hydrogen-bond donors (Lipinski definition) is 0. The molecule has 1 aliphatic heterocycles. The van der Waals surface area contributed by atoms with Gasteiger partial charge in [-0.1, -0.05) is 188 Å². The van der Waals surface area contributed by atoms with Crippen LogP contribution in [0, 0.1) is 0 Å². The lowest BCUT2D eigenvalue weighted by atomic mass is 9.98. The Morgan fingerprint density at radius 2 is 0.909 bits per heavy atom. The van der Waals surface area contributed by atoms with Crippen LogP contribution in [0.2, 0.25) is 0 Å². The van der Waals surface area contributed by atoms with Crippen molar-refractivity contribution in [2.24, 2.45) is 0 Å². The van der Waals surface area contributed by atoms with Crippen LogP contribution >= 0.6 is 0 Å². The number of fused-ring (bicyclic) bond motifs is 7. The standard InChI is InChI=1S/C62H42N2OSi/c1-3-21-46(22-4-1)64-57-39-37-48(63(56-28-16-20-44-18-8-10-26-53(44)56)47-35-33-45(34-36-47)52-27-15-19-43-17-7-9-25-51(43)52)41-54(57)55-42-50(38-40-58(55)64)66(49-23-5-2-6-24-49)61-31-13-11-29-59(61)65-60-30-12-14-32-62(60)66/h1-42H. The van der Waals surface area contributed by atoms with E-state index in [2.05, 4.69) is 264 Å². The normalized spacial score (nSPS) is 12.8. The molecule has 0 saturated carbocycles. The van der Waals surface area contributed by atoms with Gasteiger partial charge < -0.3 is 14.2 Å². The van der Waals surface area contributed by atoms with E-state index >= 15 is 0 Å². The Labute approximate surface area is 384 Å². The van der Waals surface area contributed by atoms with Gasteiger partial charge in [0, 0.05) is 33.2 Å². The largest absolute Gasteiger partial charge is 0.458 e. The Morgan fingerprint density at radius 1 is 0.364 bits per heavy atom. The van der Waals surface area contributed by atoms with E-state index in [9.17, 15) is 0 Å². The SMILES string of the molecule is c1ccc(-n2c3ccc(N(c4ccc(-c5cccc6ccccc56)cc4)c4cccc5ccccc45)cc3c3cc([Si]4(c5ccccc5)c5ccccc5Oc5ccccc54)ccc32)cc1. The number of para-hydroxylation sites is 3. The number of aromatic nitrogens is 1. The molecule has 0 unspecified atom stereocenters. The molecule has 2 heterocycles. The molecular formula is C62H42N2OSi. The van der Waals surface area contributed by atoms with Crippen LogP contribution in [0.25, 0.3) is 60.2 Å². The molecule has 0 aliphatic carbocycles. The van der Waals surface area contributed by atoms with E-state index < -0.39 is 8.07 Å². The second-order valence-corrected chi connectivity index (χ2v) is 21.0. The van der Waals surface area contributed by atoms with Gasteiger partial charge in [0.2, 0.25) is 0 Å². The molecule has 12 aromatic rings. The van der Waals surface area contributed by atoms with Gasteiger partial charge in [0.15, 0.2) is 8.07 Å². The monoisotopic (exact) mass is 858 g/mol. The molecule has 1 aliphatic rings. The van der Waals surface area contributed by atoms with Crippen molar-refractivity contribution in [3.63, 3.8) is 0 Å². The van der Waals surface area contributed by atoms with Crippen molar-refractivity contribution in [3.8, 4) is 28.3 Å². The zero-order valence-corrected chi connectivity index (χ0v) is 37.1. The van der Waals surface area contributed by atoms with Crippen molar-refractivity contribution in [1.82, 2.24) is 4.57 Å². The highest BCUT2D eigenvalue weighted by atomic mass is 28.3. The highest BCUT2D eigenvalue weighted by Crippen LogP contribution is 2.43. The molecule has 0 fully saturated rings. The van der Waals surface area contributed by atoms with Gasteiger partial charge in [0.05, 0.1) is 16.7 Å². The minimum atomic E-state index is -2.92. The summed E-state index contributed by atoms with van der Waals surface area (Å²) < 4.78 is 9.16. The molecule has 0 amide bonds. The fourth-order valence-electron chi connectivity index (χ4n) is 10.8.